The average molecular weight is 704 g/mol. The van der Waals surface area contributed by atoms with Crippen LogP contribution in [0.3, 0.4) is 0 Å². The van der Waals surface area contributed by atoms with Crippen LogP contribution in [0, 0.1) is 0 Å². The third-order valence-electron chi connectivity index (χ3n) is 7.95. The van der Waals surface area contributed by atoms with E-state index in [0.717, 1.165) is 45.3 Å². The van der Waals surface area contributed by atoms with Crippen LogP contribution in [-0.4, -0.2) is 94.7 Å². The van der Waals surface area contributed by atoms with E-state index in [0.29, 0.717) is 64.5 Å². The zero-order valence-corrected chi connectivity index (χ0v) is 27.2. The topological polar surface area (TPSA) is 72.9 Å². The number of para-hydroxylation sites is 2. The second-order valence-electron chi connectivity index (χ2n) is 11.1. The second-order valence-corrected chi connectivity index (χ2v) is 12.1. The number of hydrogen-bond donors (Lipinski definition) is 0. The van der Waals surface area contributed by atoms with Crippen molar-refractivity contribution in [2.24, 2.45) is 0 Å². The number of fused-ring (bicyclic) bond motifs is 2. The minimum Gasteiger partial charge on any atom is -0.367 e. The summed E-state index contributed by atoms with van der Waals surface area (Å²) in [4.78, 5) is 40.0. The van der Waals surface area contributed by atoms with Crippen LogP contribution in [0.15, 0.2) is 97.4 Å². The molecule has 0 bridgehead atoms. The quantitative estimate of drug-likeness (QED) is 0.129. The Morgan fingerprint density at radius 1 is 0.583 bits per heavy atom. The van der Waals surface area contributed by atoms with E-state index in [1.807, 2.05) is 60.7 Å². The summed E-state index contributed by atoms with van der Waals surface area (Å²) < 4.78 is 50.3. The number of rotatable bonds is 6. The molecule has 6 rings (SSSR count). The number of aromatic nitrogens is 2. The minimum atomic E-state index is -3.49. The van der Waals surface area contributed by atoms with Crippen LogP contribution in [-0.2, 0) is 9.59 Å². The van der Waals surface area contributed by atoms with Crippen molar-refractivity contribution < 1.29 is 27.2 Å². The van der Waals surface area contributed by atoms with Crippen LogP contribution in [0.2, 0.25) is 0 Å². The summed E-state index contributed by atoms with van der Waals surface area (Å²) in [5.41, 5.74) is 3.97. The Morgan fingerprint density at radius 2 is 0.938 bits per heavy atom. The summed E-state index contributed by atoms with van der Waals surface area (Å²) in [5.74, 6) is -0.899. The fraction of sp³-hybridized carbons (Fsp3) is 0.294. The van der Waals surface area contributed by atoms with Crippen LogP contribution in [0.5, 0.6) is 0 Å². The van der Waals surface area contributed by atoms with Gasteiger partial charge >= 0.3 is 10.8 Å². The Labute approximate surface area is 284 Å². The lowest BCUT2D eigenvalue weighted by Gasteiger charge is -2.36. The molecule has 0 aliphatic carbocycles. The highest BCUT2D eigenvalue weighted by Crippen LogP contribution is 2.28. The smallest absolute Gasteiger partial charge is 0.341 e. The van der Waals surface area contributed by atoms with Gasteiger partial charge in [0, 0.05) is 111 Å². The Bertz CT molecular complexity index is 1660. The molecule has 2 aliphatic heterocycles. The van der Waals surface area contributed by atoms with Gasteiger partial charge in [0.05, 0.1) is 11.0 Å². The summed E-state index contributed by atoms with van der Waals surface area (Å²) in [7, 11) is 0. The van der Waals surface area contributed by atoms with E-state index >= 15 is 0 Å². The zero-order chi connectivity index (χ0) is 34.3. The number of pyridine rings is 2. The third kappa shape index (κ3) is 9.35. The number of nitrogens with zero attached hydrogens (tertiary/aromatic N) is 6. The molecule has 2 aliphatic rings. The van der Waals surface area contributed by atoms with Crippen molar-refractivity contribution >= 4 is 68.2 Å². The standard InChI is InChI=1S/2C17H16ClF2N3O/c2*18-17(19,20)7-5-16(24)23-11-9-22(10-12-23)15-6-8-21-14-4-2-1-3-13(14)15/h2*1-8H,9-12H2/b7-5+;7-5-. The SMILES string of the molecule is O=C(/C=C/C(F)(F)Cl)N1CCN(c2ccnc3ccccc23)CC1.O=C(/C=C\C(F)(F)Cl)N1CCN(c2ccnc3ccccc23)CC1. The number of amides is 2. The highest BCUT2D eigenvalue weighted by atomic mass is 35.5. The lowest BCUT2D eigenvalue weighted by atomic mass is 10.1. The summed E-state index contributed by atoms with van der Waals surface area (Å²) in [6.45, 7) is 4.38. The van der Waals surface area contributed by atoms with Crippen LogP contribution in [0.4, 0.5) is 28.9 Å². The van der Waals surface area contributed by atoms with Gasteiger partial charge < -0.3 is 19.6 Å². The van der Waals surface area contributed by atoms with Gasteiger partial charge in [-0.05, 0) is 47.5 Å². The van der Waals surface area contributed by atoms with Crippen LogP contribution in [0.25, 0.3) is 21.8 Å². The molecule has 0 unspecified atom stereocenters. The Hall–Kier alpha value is -4.42. The van der Waals surface area contributed by atoms with Crippen molar-refractivity contribution in [3.8, 4) is 0 Å². The summed E-state index contributed by atoms with van der Waals surface area (Å²) >= 11 is 9.54. The van der Waals surface area contributed by atoms with Gasteiger partial charge in [-0.2, -0.15) is 17.6 Å². The molecule has 0 saturated carbocycles. The number of hydrogen-bond acceptors (Lipinski definition) is 6. The second kappa shape index (κ2) is 15.2. The van der Waals surface area contributed by atoms with Gasteiger partial charge in [0.2, 0.25) is 11.8 Å². The average Bonchev–Trinajstić information content (AvgIpc) is 3.09. The van der Waals surface area contributed by atoms with E-state index in [-0.39, 0.29) is 0 Å². The largest absolute Gasteiger partial charge is 0.367 e. The fourth-order valence-electron chi connectivity index (χ4n) is 5.59. The van der Waals surface area contributed by atoms with E-state index < -0.39 is 22.6 Å². The van der Waals surface area contributed by atoms with Crippen LogP contribution >= 0.6 is 23.2 Å². The number of allylic oxidation sites excluding steroid dienone is 2. The number of benzene rings is 2. The monoisotopic (exact) mass is 702 g/mol. The first-order chi connectivity index (χ1) is 22.9. The van der Waals surface area contributed by atoms with Crippen molar-refractivity contribution in [3.05, 3.63) is 97.4 Å². The molecule has 14 heteroatoms. The number of alkyl halides is 6. The van der Waals surface area contributed by atoms with E-state index in [1.54, 1.807) is 22.2 Å². The van der Waals surface area contributed by atoms with E-state index in [4.69, 9.17) is 23.2 Å². The Balaban J connectivity index is 0.000000188. The van der Waals surface area contributed by atoms with E-state index in [2.05, 4.69) is 19.8 Å². The molecule has 2 fully saturated rings. The molecule has 2 aromatic heterocycles. The first-order valence-electron chi connectivity index (χ1n) is 15.2. The Kier molecular flexibility index (Phi) is 11.1. The molecule has 0 N–H and O–H groups in total. The predicted molar refractivity (Wildman–Crippen MR) is 181 cm³/mol. The van der Waals surface area contributed by atoms with E-state index in [1.165, 1.54) is 0 Å². The molecule has 2 saturated heterocycles. The van der Waals surface area contributed by atoms with Gasteiger partial charge in [-0.3, -0.25) is 19.6 Å². The van der Waals surface area contributed by atoms with Gasteiger partial charge in [0.25, 0.3) is 0 Å². The van der Waals surface area contributed by atoms with Gasteiger partial charge in [0.1, 0.15) is 0 Å². The summed E-state index contributed by atoms with van der Waals surface area (Å²) in [5, 5.41) is -4.87. The first-order valence-corrected chi connectivity index (χ1v) is 15.9. The Morgan fingerprint density at radius 3 is 1.29 bits per heavy atom. The molecule has 2 amide bonds. The van der Waals surface area contributed by atoms with Crippen molar-refractivity contribution in [1.82, 2.24) is 19.8 Å². The number of carbonyl (C=O) groups is 2. The van der Waals surface area contributed by atoms with Crippen LogP contribution < -0.4 is 9.80 Å². The van der Waals surface area contributed by atoms with Gasteiger partial charge in [0.15, 0.2) is 0 Å². The number of carbonyl (C=O) groups excluding carboxylic acids is 2. The van der Waals surface area contributed by atoms with Crippen molar-refractivity contribution in [2.45, 2.75) is 10.8 Å². The molecular weight excluding hydrogens is 671 g/mol. The summed E-state index contributed by atoms with van der Waals surface area (Å²) in [6.07, 6.45) is 6.04. The molecule has 252 valence electrons. The molecule has 8 nitrogen and oxygen atoms in total. The van der Waals surface area contributed by atoms with Crippen molar-refractivity contribution in [1.29, 1.82) is 0 Å². The molecule has 0 radical (unpaired) electrons. The highest BCUT2D eigenvalue weighted by molar-refractivity contribution is 6.23. The minimum absolute atomic E-state index is 0.416. The molecule has 4 heterocycles. The van der Waals surface area contributed by atoms with Crippen LogP contribution in [0.1, 0.15) is 0 Å². The molecular formula is C34H32Cl2F4N6O2. The predicted octanol–water partition coefficient (Wildman–Crippen LogP) is 6.54. The first kappa shape index (κ1) is 34.9. The number of piperazine rings is 2. The van der Waals surface area contributed by atoms with Crippen molar-refractivity contribution in [3.63, 3.8) is 0 Å². The van der Waals surface area contributed by atoms with E-state index in [9.17, 15) is 27.2 Å². The van der Waals surface area contributed by atoms with Crippen molar-refractivity contribution in [2.75, 3.05) is 62.2 Å². The maximum atomic E-state index is 12.6. The zero-order valence-electron chi connectivity index (χ0n) is 25.7. The molecule has 0 spiro atoms. The highest BCUT2D eigenvalue weighted by Gasteiger charge is 2.25. The lowest BCUT2D eigenvalue weighted by Crippen LogP contribution is -2.48. The molecule has 2 aromatic carbocycles. The number of halogens is 6. The maximum absolute atomic E-state index is 12.6. The lowest BCUT2D eigenvalue weighted by molar-refractivity contribution is -0.127. The number of anilines is 2. The maximum Gasteiger partial charge on any atom is 0.341 e. The van der Waals surface area contributed by atoms with Gasteiger partial charge in [-0.1, -0.05) is 36.4 Å². The normalized spacial score (nSPS) is 16.1. The molecule has 0 atom stereocenters. The molecule has 4 aromatic rings. The van der Waals surface area contributed by atoms with Gasteiger partial charge in [-0.25, -0.2) is 0 Å². The van der Waals surface area contributed by atoms with Gasteiger partial charge in [-0.15, -0.1) is 0 Å². The summed E-state index contributed by atoms with van der Waals surface area (Å²) in [6, 6.07) is 19.6. The molecule has 48 heavy (non-hydrogen) atoms. The third-order valence-corrected chi connectivity index (χ3v) is 8.20. The fourth-order valence-corrected chi connectivity index (χ4v) is 5.72.